The second-order valence-corrected chi connectivity index (χ2v) is 4.85. The van der Waals surface area contributed by atoms with Crippen molar-refractivity contribution >= 4 is 11.6 Å². The van der Waals surface area contributed by atoms with E-state index in [2.05, 4.69) is 0 Å². The van der Waals surface area contributed by atoms with Crippen molar-refractivity contribution in [2.75, 3.05) is 12.5 Å². The van der Waals surface area contributed by atoms with E-state index < -0.39 is 0 Å². The predicted molar refractivity (Wildman–Crippen MR) is 79.5 cm³/mol. The van der Waals surface area contributed by atoms with Crippen LogP contribution >= 0.6 is 11.6 Å². The summed E-state index contributed by atoms with van der Waals surface area (Å²) in [5.74, 6) is 1.20. The molecule has 1 aliphatic heterocycles. The number of ether oxygens (including phenoxy) is 1. The lowest BCUT2D eigenvalue weighted by Gasteiger charge is -2.05. The number of hydrogen-bond donors (Lipinski definition) is 2. The van der Waals surface area contributed by atoms with Crippen LogP contribution < -0.4 is 0 Å². The third kappa shape index (κ3) is 4.44. The maximum atomic E-state index is 9.58. The maximum absolute atomic E-state index is 9.58. The number of para-hydroxylation sites is 2. The third-order valence-electron chi connectivity index (χ3n) is 2.94. The van der Waals surface area contributed by atoms with E-state index in [0.717, 1.165) is 17.7 Å². The zero-order valence-corrected chi connectivity index (χ0v) is 11.8. The van der Waals surface area contributed by atoms with Crippen LogP contribution in [0.1, 0.15) is 11.1 Å². The summed E-state index contributed by atoms with van der Waals surface area (Å²) < 4.78 is 4.73. The van der Waals surface area contributed by atoms with Gasteiger partial charge in [-0.05, 0) is 23.3 Å². The molecule has 0 aliphatic carbocycles. The fourth-order valence-electron chi connectivity index (χ4n) is 1.68. The van der Waals surface area contributed by atoms with Crippen molar-refractivity contribution in [3.8, 4) is 11.5 Å². The minimum absolute atomic E-state index is 0.265. The lowest BCUT2D eigenvalue weighted by atomic mass is 10.0. The van der Waals surface area contributed by atoms with Gasteiger partial charge in [-0.25, -0.2) is 0 Å². The number of aromatic hydroxyl groups is 2. The second-order valence-electron chi connectivity index (χ2n) is 4.54. The lowest BCUT2D eigenvalue weighted by Crippen LogP contribution is -1.88. The summed E-state index contributed by atoms with van der Waals surface area (Å²) in [7, 11) is 0. The fraction of sp³-hybridized carbons (Fsp3) is 0.250. The Balaban J connectivity index is 0.000000247. The molecule has 1 aliphatic rings. The summed E-state index contributed by atoms with van der Waals surface area (Å²) in [5.41, 5.74) is 1.64. The highest BCUT2D eigenvalue weighted by Crippen LogP contribution is 2.24. The van der Waals surface area contributed by atoms with Gasteiger partial charge in [0.05, 0.1) is 18.6 Å². The zero-order chi connectivity index (χ0) is 14.4. The highest BCUT2D eigenvalue weighted by Gasteiger charge is 2.19. The first-order valence-corrected chi connectivity index (χ1v) is 6.95. The normalized spacial score (nSPS) is 16.1. The van der Waals surface area contributed by atoms with E-state index in [4.69, 9.17) is 16.3 Å². The highest BCUT2D eigenvalue weighted by atomic mass is 35.5. The monoisotopic (exact) mass is 292 g/mol. The Morgan fingerprint density at radius 1 is 0.950 bits per heavy atom. The number of phenolic OH excluding ortho intramolecular Hbond substituents is 2. The molecule has 1 unspecified atom stereocenters. The Bertz CT molecular complexity index is 509. The molecule has 0 amide bonds. The molecule has 2 N–H and O–H groups in total. The van der Waals surface area contributed by atoms with Crippen LogP contribution in [0.4, 0.5) is 0 Å². The number of epoxide rings is 1. The van der Waals surface area contributed by atoms with Crippen LogP contribution in [0, 0.1) is 0 Å². The quantitative estimate of drug-likeness (QED) is 0.674. The molecule has 20 heavy (non-hydrogen) atoms. The SMILES string of the molecule is ClCC1CO1.Oc1ccccc1Cc1ccccc1O. The Morgan fingerprint density at radius 2 is 1.40 bits per heavy atom. The van der Waals surface area contributed by atoms with Crippen molar-refractivity contribution in [1.29, 1.82) is 0 Å². The van der Waals surface area contributed by atoms with E-state index >= 15 is 0 Å². The molecule has 1 saturated heterocycles. The van der Waals surface area contributed by atoms with Gasteiger partial charge in [0, 0.05) is 6.42 Å². The van der Waals surface area contributed by atoms with E-state index in [9.17, 15) is 10.2 Å². The zero-order valence-electron chi connectivity index (χ0n) is 11.0. The Hall–Kier alpha value is -1.71. The molecule has 3 nitrogen and oxygen atoms in total. The molecule has 1 atom stereocenters. The lowest BCUT2D eigenvalue weighted by molar-refractivity contribution is 0.425. The van der Waals surface area contributed by atoms with Crippen molar-refractivity contribution < 1.29 is 14.9 Å². The number of halogens is 1. The minimum atomic E-state index is 0.265. The molecule has 2 aromatic carbocycles. The first-order valence-electron chi connectivity index (χ1n) is 6.42. The molecule has 2 aromatic rings. The standard InChI is InChI=1S/C13H12O2.C3H5ClO/c14-12-7-3-1-5-10(12)9-11-6-2-4-8-13(11)15;4-1-3-2-5-3/h1-8,14-15H,9H2;3H,1-2H2. The first kappa shape index (κ1) is 14.7. The van der Waals surface area contributed by atoms with Crippen LogP contribution in [0.5, 0.6) is 11.5 Å². The first-order chi connectivity index (χ1) is 9.70. The minimum Gasteiger partial charge on any atom is -0.508 e. The molecule has 0 saturated carbocycles. The average Bonchev–Trinajstić information content (AvgIpc) is 3.28. The molecule has 3 rings (SSSR count). The van der Waals surface area contributed by atoms with Gasteiger partial charge < -0.3 is 14.9 Å². The number of rotatable bonds is 3. The van der Waals surface area contributed by atoms with Gasteiger partial charge in [0.15, 0.2) is 0 Å². The Kier molecular flexibility index (Phi) is 5.27. The second kappa shape index (κ2) is 7.17. The number of alkyl halides is 1. The summed E-state index contributed by atoms with van der Waals surface area (Å²) in [5, 5.41) is 19.2. The molecule has 1 fully saturated rings. The van der Waals surface area contributed by atoms with Gasteiger partial charge >= 0.3 is 0 Å². The van der Waals surface area contributed by atoms with Gasteiger partial charge in [-0.3, -0.25) is 0 Å². The number of benzene rings is 2. The number of hydrogen-bond acceptors (Lipinski definition) is 3. The van der Waals surface area contributed by atoms with Crippen LogP contribution in [-0.2, 0) is 11.2 Å². The van der Waals surface area contributed by atoms with Crippen molar-refractivity contribution in [2.45, 2.75) is 12.5 Å². The van der Waals surface area contributed by atoms with Gasteiger partial charge in [0.25, 0.3) is 0 Å². The van der Waals surface area contributed by atoms with Crippen LogP contribution in [-0.4, -0.2) is 28.8 Å². The summed E-state index contributed by atoms with van der Waals surface area (Å²) in [6.07, 6.45) is 0.941. The molecule has 0 radical (unpaired) electrons. The molecule has 106 valence electrons. The van der Waals surface area contributed by atoms with Gasteiger partial charge in [-0.1, -0.05) is 36.4 Å². The van der Waals surface area contributed by atoms with Gasteiger partial charge in [0.2, 0.25) is 0 Å². The van der Waals surface area contributed by atoms with Crippen molar-refractivity contribution in [3.05, 3.63) is 59.7 Å². The van der Waals surface area contributed by atoms with Gasteiger partial charge in [-0.2, -0.15) is 0 Å². The predicted octanol–water partition coefficient (Wildman–Crippen LogP) is 3.31. The largest absolute Gasteiger partial charge is 0.508 e. The topological polar surface area (TPSA) is 53.0 Å². The number of phenols is 2. The molecule has 0 bridgehead atoms. The molecule has 4 heteroatoms. The summed E-state index contributed by atoms with van der Waals surface area (Å²) >= 11 is 5.27. The van der Waals surface area contributed by atoms with Crippen LogP contribution in [0.15, 0.2) is 48.5 Å². The van der Waals surface area contributed by atoms with Crippen molar-refractivity contribution in [2.24, 2.45) is 0 Å². The van der Waals surface area contributed by atoms with Crippen LogP contribution in [0.3, 0.4) is 0 Å². The molecular weight excluding hydrogens is 276 g/mol. The molecule has 1 heterocycles. The smallest absolute Gasteiger partial charge is 0.119 e. The van der Waals surface area contributed by atoms with Crippen molar-refractivity contribution in [3.63, 3.8) is 0 Å². The molecule has 0 spiro atoms. The van der Waals surface area contributed by atoms with Crippen LogP contribution in [0.25, 0.3) is 0 Å². The van der Waals surface area contributed by atoms with E-state index in [1.54, 1.807) is 24.3 Å². The summed E-state index contributed by atoms with van der Waals surface area (Å²) in [6, 6.07) is 14.3. The van der Waals surface area contributed by atoms with E-state index in [1.807, 2.05) is 24.3 Å². The fourth-order valence-corrected chi connectivity index (χ4v) is 1.86. The molecular formula is C16H17ClO3. The Labute approximate surface area is 123 Å². The Morgan fingerprint density at radius 3 is 1.70 bits per heavy atom. The van der Waals surface area contributed by atoms with E-state index in [1.165, 1.54) is 0 Å². The van der Waals surface area contributed by atoms with E-state index in [-0.39, 0.29) is 11.5 Å². The van der Waals surface area contributed by atoms with E-state index in [0.29, 0.717) is 18.4 Å². The van der Waals surface area contributed by atoms with Crippen molar-refractivity contribution in [1.82, 2.24) is 0 Å². The van der Waals surface area contributed by atoms with Crippen LogP contribution in [0.2, 0.25) is 0 Å². The molecule has 0 aromatic heterocycles. The maximum Gasteiger partial charge on any atom is 0.119 e. The van der Waals surface area contributed by atoms with Gasteiger partial charge in [0.1, 0.15) is 11.5 Å². The summed E-state index contributed by atoms with van der Waals surface area (Å²) in [4.78, 5) is 0. The average molecular weight is 293 g/mol. The summed E-state index contributed by atoms with van der Waals surface area (Å²) in [6.45, 7) is 0.878. The third-order valence-corrected chi connectivity index (χ3v) is 3.28. The highest BCUT2D eigenvalue weighted by molar-refractivity contribution is 6.18. The van der Waals surface area contributed by atoms with Gasteiger partial charge in [-0.15, -0.1) is 11.6 Å².